The standard InChI is InChI=1S/C53H62N2O4/c1-31(2)43-30-48(54(33-9-15-36(56-5)16-10-33)34-11-17-37(57-6)18-12-34)45-29-46-49-32(25-26-53(46,3)4)27-47(42-24-23-40(43)50(45)51(42)49)55(35-13-19-38(58-7)20-14-35)52-41-22-21-39(59-8)28-44(41)52/h9-11,13-17,19-24,27,29,31,39-44,50-52H,12,18,25-26,28,30H2,1-8H3/t39?,40?,41?,42?,43?,44-,50?,51?,52?/m1/s1. The van der Waals surface area contributed by atoms with Crippen LogP contribution in [-0.2, 0) is 9.47 Å². The van der Waals surface area contributed by atoms with Crippen LogP contribution in [0.1, 0.15) is 66.2 Å². The van der Waals surface area contributed by atoms with Crippen molar-refractivity contribution in [1.29, 1.82) is 0 Å². The maximum atomic E-state index is 5.92. The predicted molar refractivity (Wildman–Crippen MR) is 238 cm³/mol. The Balaban J connectivity index is 1.18. The number of benzene rings is 2. The highest BCUT2D eigenvalue weighted by atomic mass is 16.5. The minimum absolute atomic E-state index is 0.0789. The van der Waals surface area contributed by atoms with Crippen LogP contribution in [0.5, 0.6) is 11.5 Å². The van der Waals surface area contributed by atoms with E-state index in [1.807, 2.05) is 7.11 Å². The average molecular weight is 791 g/mol. The van der Waals surface area contributed by atoms with E-state index in [-0.39, 0.29) is 17.4 Å². The van der Waals surface area contributed by atoms with E-state index in [1.165, 1.54) is 28.5 Å². The lowest BCUT2D eigenvalue weighted by Gasteiger charge is -2.57. The second-order valence-corrected chi connectivity index (χ2v) is 19.2. The topological polar surface area (TPSA) is 43.4 Å². The number of fused-ring (bicyclic) bond motifs is 1. The lowest BCUT2D eigenvalue weighted by atomic mass is 9.49. The molecule has 0 spiro atoms. The molecule has 1 fully saturated rings. The zero-order chi connectivity index (χ0) is 40.7. The third kappa shape index (κ3) is 6.30. The van der Waals surface area contributed by atoms with Crippen LogP contribution in [0.2, 0.25) is 0 Å². The number of hydrogen-bond acceptors (Lipinski definition) is 6. The number of rotatable bonds is 11. The van der Waals surface area contributed by atoms with Gasteiger partial charge in [0.1, 0.15) is 11.5 Å². The van der Waals surface area contributed by atoms with Crippen LogP contribution in [0.15, 0.2) is 142 Å². The van der Waals surface area contributed by atoms with Crippen molar-refractivity contribution in [3.8, 4) is 11.5 Å². The first-order valence-electron chi connectivity index (χ1n) is 22.2. The Morgan fingerprint density at radius 1 is 0.729 bits per heavy atom. The summed E-state index contributed by atoms with van der Waals surface area (Å²) >= 11 is 0. The van der Waals surface area contributed by atoms with E-state index in [0.29, 0.717) is 47.5 Å². The summed E-state index contributed by atoms with van der Waals surface area (Å²) in [5.41, 5.74) is 13.2. The molecule has 2 aromatic rings. The molecule has 6 nitrogen and oxygen atoms in total. The minimum atomic E-state index is 0.0789. The van der Waals surface area contributed by atoms with Crippen LogP contribution >= 0.6 is 0 Å². The summed E-state index contributed by atoms with van der Waals surface area (Å²) < 4.78 is 23.0. The van der Waals surface area contributed by atoms with Gasteiger partial charge < -0.3 is 28.7 Å². The van der Waals surface area contributed by atoms with Gasteiger partial charge in [0, 0.05) is 65.8 Å². The Hall–Kier alpha value is -4.68. The van der Waals surface area contributed by atoms with E-state index < -0.39 is 0 Å². The molecule has 6 heteroatoms. The monoisotopic (exact) mass is 790 g/mol. The maximum Gasteiger partial charge on any atom is 0.119 e. The molecule has 0 radical (unpaired) electrons. The van der Waals surface area contributed by atoms with Crippen LogP contribution in [0.4, 0.5) is 11.4 Å². The van der Waals surface area contributed by atoms with Crippen molar-refractivity contribution in [2.24, 2.45) is 52.8 Å². The highest BCUT2D eigenvalue weighted by Crippen LogP contribution is 2.65. The first kappa shape index (κ1) is 38.5. The summed E-state index contributed by atoms with van der Waals surface area (Å²) in [7, 11) is 7.17. The van der Waals surface area contributed by atoms with Crippen molar-refractivity contribution >= 4 is 11.4 Å². The molecular formula is C53H62N2O4. The fourth-order valence-electron chi connectivity index (χ4n) is 12.4. The highest BCUT2D eigenvalue weighted by Gasteiger charge is 2.59. The molecule has 308 valence electrons. The summed E-state index contributed by atoms with van der Waals surface area (Å²) in [6.07, 6.45) is 26.4. The molecule has 0 aliphatic heterocycles. The number of allylic oxidation sites excluding steroid dienone is 13. The van der Waals surface area contributed by atoms with E-state index in [4.69, 9.17) is 18.9 Å². The zero-order valence-corrected chi connectivity index (χ0v) is 36.3. The molecule has 0 amide bonds. The van der Waals surface area contributed by atoms with Crippen LogP contribution in [0.3, 0.4) is 0 Å². The van der Waals surface area contributed by atoms with E-state index in [0.717, 1.165) is 55.8 Å². The van der Waals surface area contributed by atoms with Gasteiger partial charge >= 0.3 is 0 Å². The molecule has 2 aromatic carbocycles. The smallest absolute Gasteiger partial charge is 0.119 e. The number of hydrogen-bond donors (Lipinski definition) is 0. The predicted octanol–water partition coefficient (Wildman–Crippen LogP) is 11.7. The Morgan fingerprint density at radius 3 is 2.08 bits per heavy atom. The molecule has 0 bridgehead atoms. The molecule has 0 aromatic heterocycles. The van der Waals surface area contributed by atoms with Gasteiger partial charge in [-0.15, -0.1) is 0 Å². The van der Waals surface area contributed by atoms with Crippen LogP contribution in [0.25, 0.3) is 0 Å². The van der Waals surface area contributed by atoms with E-state index in [9.17, 15) is 0 Å². The quantitative estimate of drug-likeness (QED) is 0.211. The Bertz CT molecular complexity index is 2250. The molecular weight excluding hydrogens is 729 g/mol. The Labute approximate surface area is 352 Å². The summed E-state index contributed by atoms with van der Waals surface area (Å²) in [4.78, 5) is 5.42. The summed E-state index contributed by atoms with van der Waals surface area (Å²) in [6.45, 7) is 9.94. The van der Waals surface area contributed by atoms with Gasteiger partial charge in [0.2, 0.25) is 0 Å². The Morgan fingerprint density at radius 2 is 1.44 bits per heavy atom. The third-order valence-electron chi connectivity index (χ3n) is 15.6. The first-order chi connectivity index (χ1) is 28.6. The lowest BCUT2D eigenvalue weighted by molar-refractivity contribution is 0.124. The van der Waals surface area contributed by atoms with Gasteiger partial charge in [0.05, 0.1) is 33.2 Å². The minimum Gasteiger partial charge on any atom is -0.501 e. The van der Waals surface area contributed by atoms with Gasteiger partial charge in [0.15, 0.2) is 0 Å². The number of methoxy groups -OCH3 is 4. The van der Waals surface area contributed by atoms with Crippen molar-refractivity contribution in [3.05, 3.63) is 142 Å². The van der Waals surface area contributed by atoms with Crippen molar-refractivity contribution in [2.45, 2.75) is 78.4 Å². The van der Waals surface area contributed by atoms with Crippen LogP contribution in [0, 0.1) is 52.8 Å². The van der Waals surface area contributed by atoms with Gasteiger partial charge in [0.25, 0.3) is 0 Å². The molecule has 59 heavy (non-hydrogen) atoms. The molecule has 9 atom stereocenters. The molecule has 0 heterocycles. The van der Waals surface area contributed by atoms with Crippen molar-refractivity contribution in [1.82, 2.24) is 0 Å². The van der Waals surface area contributed by atoms with Crippen molar-refractivity contribution < 1.29 is 18.9 Å². The summed E-state index contributed by atoms with van der Waals surface area (Å²) in [5, 5.41) is 0. The largest absolute Gasteiger partial charge is 0.501 e. The van der Waals surface area contributed by atoms with Gasteiger partial charge in [-0.1, -0.05) is 58.1 Å². The third-order valence-corrected chi connectivity index (χ3v) is 15.6. The van der Waals surface area contributed by atoms with Crippen LogP contribution < -0.4 is 19.3 Å². The second kappa shape index (κ2) is 14.8. The Kier molecular flexibility index (Phi) is 9.66. The molecule has 8 unspecified atom stereocenters. The summed E-state index contributed by atoms with van der Waals surface area (Å²) in [6, 6.07) is 18.1. The van der Waals surface area contributed by atoms with Gasteiger partial charge in [-0.25, -0.2) is 0 Å². The molecule has 10 rings (SSSR count). The second-order valence-electron chi connectivity index (χ2n) is 19.2. The fourth-order valence-corrected chi connectivity index (χ4v) is 12.4. The average Bonchev–Trinajstić information content (AvgIpc) is 3.98. The molecule has 0 saturated heterocycles. The maximum absolute atomic E-state index is 5.92. The molecule has 0 N–H and O–H groups in total. The number of anilines is 2. The lowest BCUT2D eigenvalue weighted by Crippen LogP contribution is -2.50. The fraction of sp³-hybridized carbons (Fsp3) is 0.472. The first-order valence-corrected chi connectivity index (χ1v) is 22.2. The van der Waals surface area contributed by atoms with Crippen molar-refractivity contribution in [3.63, 3.8) is 0 Å². The van der Waals surface area contributed by atoms with E-state index in [2.05, 4.69) is 135 Å². The molecule has 8 aliphatic rings. The van der Waals surface area contributed by atoms with Crippen LogP contribution in [-0.4, -0.2) is 40.6 Å². The van der Waals surface area contributed by atoms with Gasteiger partial charge in [-0.05, 0) is 156 Å². The van der Waals surface area contributed by atoms with Gasteiger partial charge in [-0.3, -0.25) is 0 Å². The van der Waals surface area contributed by atoms with E-state index >= 15 is 0 Å². The SMILES string of the molecule is COC1=CC=C(N(C2=C3C=C4C5=C(C=C(N(c6ccc(OC)cc6)C6C7C=CC(OC)C[C@H]76)C6C=CC(C(C(C)C)C2)C3C56)CCC4(C)C)c2ccc(OC)cc2)CC1. The highest BCUT2D eigenvalue weighted by molar-refractivity contribution is 5.69. The van der Waals surface area contributed by atoms with E-state index in [1.54, 1.807) is 43.6 Å². The molecule has 1 saturated carbocycles. The zero-order valence-electron chi connectivity index (χ0n) is 36.3. The van der Waals surface area contributed by atoms with Gasteiger partial charge in [-0.2, -0.15) is 0 Å². The number of ether oxygens (including phenoxy) is 4. The van der Waals surface area contributed by atoms with Crippen molar-refractivity contribution in [2.75, 3.05) is 38.2 Å². The summed E-state index contributed by atoms with van der Waals surface area (Å²) in [5.74, 6) is 6.41. The normalized spacial score (nSPS) is 32.0. The molecule has 8 aliphatic carbocycles. The number of nitrogens with zero attached hydrogens (tertiary/aromatic N) is 2.